The summed E-state index contributed by atoms with van der Waals surface area (Å²) in [7, 11) is 1.87. The average Bonchev–Trinajstić information content (AvgIpc) is 3.00. The first kappa shape index (κ1) is 14.7. The predicted octanol–water partition coefficient (Wildman–Crippen LogP) is 3.81. The van der Waals surface area contributed by atoms with Crippen LogP contribution in [0.3, 0.4) is 0 Å². The highest BCUT2D eigenvalue weighted by molar-refractivity contribution is 5.78. The lowest BCUT2D eigenvalue weighted by Crippen LogP contribution is -1.99. The van der Waals surface area contributed by atoms with Crippen LogP contribution in [-0.4, -0.2) is 12.0 Å². The maximum absolute atomic E-state index is 9.38. The van der Waals surface area contributed by atoms with Gasteiger partial charge in [-0.1, -0.05) is 12.1 Å². The van der Waals surface area contributed by atoms with Gasteiger partial charge in [-0.3, -0.25) is 0 Å². The van der Waals surface area contributed by atoms with E-state index in [2.05, 4.69) is 16.4 Å². The van der Waals surface area contributed by atoms with Gasteiger partial charge in [-0.05, 0) is 37.3 Å². The summed E-state index contributed by atoms with van der Waals surface area (Å²) in [6.45, 7) is 1.86. The number of hydrogen-bond acceptors (Lipinski definition) is 5. The van der Waals surface area contributed by atoms with Gasteiger partial charge in [-0.2, -0.15) is 5.26 Å². The Bertz CT molecular complexity index is 888. The third kappa shape index (κ3) is 2.74. The van der Waals surface area contributed by atoms with Crippen LogP contribution in [0, 0.1) is 18.3 Å². The highest BCUT2D eigenvalue weighted by Gasteiger charge is 2.15. The molecule has 0 radical (unpaired) electrons. The van der Waals surface area contributed by atoms with E-state index >= 15 is 0 Å². The van der Waals surface area contributed by atoms with Crippen molar-refractivity contribution in [3.8, 4) is 28.7 Å². The van der Waals surface area contributed by atoms with Crippen molar-refractivity contribution in [1.29, 1.82) is 5.26 Å². The number of nitrogen functional groups attached to an aromatic ring is 1. The molecular weight excluding hydrogens is 288 g/mol. The summed E-state index contributed by atoms with van der Waals surface area (Å²) in [5.74, 6) is 1.59. The van der Waals surface area contributed by atoms with Crippen molar-refractivity contribution in [3.63, 3.8) is 0 Å². The number of hydrogen-bond donors (Lipinski definition) is 2. The van der Waals surface area contributed by atoms with E-state index in [-0.39, 0.29) is 5.82 Å². The van der Waals surface area contributed by atoms with Crippen molar-refractivity contribution in [3.05, 3.63) is 53.8 Å². The number of nitrogens with two attached hydrogens (primary N) is 1. The molecule has 0 aliphatic carbocycles. The van der Waals surface area contributed by atoms with Gasteiger partial charge in [0.25, 0.3) is 0 Å². The minimum absolute atomic E-state index is 0.201. The summed E-state index contributed by atoms with van der Waals surface area (Å²) in [6, 6.07) is 15.5. The Morgan fingerprint density at radius 1 is 1.17 bits per heavy atom. The molecule has 1 aromatic carbocycles. The molecule has 5 nitrogen and oxygen atoms in total. The molecule has 0 spiro atoms. The van der Waals surface area contributed by atoms with Crippen LogP contribution in [0.4, 0.5) is 11.5 Å². The van der Waals surface area contributed by atoms with Crippen LogP contribution in [0.25, 0.3) is 22.6 Å². The fourth-order valence-corrected chi connectivity index (χ4v) is 2.41. The number of benzene rings is 1. The second kappa shape index (κ2) is 5.85. The van der Waals surface area contributed by atoms with E-state index < -0.39 is 0 Å². The Morgan fingerprint density at radius 2 is 1.91 bits per heavy atom. The fraction of sp³-hybridized carbons (Fsp3) is 0.111. The summed E-state index contributed by atoms with van der Waals surface area (Å²) in [6.07, 6.45) is 0. The first-order chi connectivity index (χ1) is 11.1. The van der Waals surface area contributed by atoms with E-state index in [9.17, 15) is 5.26 Å². The molecule has 2 aromatic heterocycles. The summed E-state index contributed by atoms with van der Waals surface area (Å²) in [5.41, 5.74) is 9.60. The van der Waals surface area contributed by atoms with Crippen molar-refractivity contribution >= 4 is 11.5 Å². The molecule has 0 aliphatic heterocycles. The minimum Gasteiger partial charge on any atom is -0.461 e. The molecule has 3 rings (SSSR count). The van der Waals surface area contributed by atoms with Crippen molar-refractivity contribution in [2.24, 2.45) is 0 Å². The zero-order valence-corrected chi connectivity index (χ0v) is 12.9. The first-order valence-electron chi connectivity index (χ1n) is 7.18. The van der Waals surface area contributed by atoms with Gasteiger partial charge in [0.15, 0.2) is 0 Å². The summed E-state index contributed by atoms with van der Waals surface area (Å²) in [5, 5.41) is 12.4. The van der Waals surface area contributed by atoms with E-state index in [1.807, 2.05) is 56.4 Å². The molecule has 0 amide bonds. The van der Waals surface area contributed by atoms with E-state index in [4.69, 9.17) is 10.2 Å². The topological polar surface area (TPSA) is 87.9 Å². The van der Waals surface area contributed by atoms with Crippen LogP contribution in [0.15, 0.2) is 46.9 Å². The fourth-order valence-electron chi connectivity index (χ4n) is 2.41. The molecule has 0 unspecified atom stereocenters. The van der Waals surface area contributed by atoms with E-state index in [1.54, 1.807) is 0 Å². The van der Waals surface area contributed by atoms with E-state index in [0.717, 1.165) is 17.0 Å². The van der Waals surface area contributed by atoms with Gasteiger partial charge < -0.3 is 15.5 Å². The van der Waals surface area contributed by atoms with Crippen molar-refractivity contribution in [2.45, 2.75) is 6.92 Å². The third-order valence-electron chi connectivity index (χ3n) is 3.63. The second-order valence-corrected chi connectivity index (χ2v) is 5.16. The molecule has 0 saturated heterocycles. The van der Waals surface area contributed by atoms with Gasteiger partial charge in [0, 0.05) is 23.9 Å². The van der Waals surface area contributed by atoms with Crippen molar-refractivity contribution in [2.75, 3.05) is 18.1 Å². The maximum Gasteiger partial charge on any atom is 0.142 e. The smallest absolute Gasteiger partial charge is 0.142 e. The Hall–Kier alpha value is -3.26. The lowest BCUT2D eigenvalue weighted by Gasteiger charge is -2.09. The van der Waals surface area contributed by atoms with Crippen molar-refractivity contribution in [1.82, 2.24) is 4.98 Å². The van der Waals surface area contributed by atoms with Crippen LogP contribution < -0.4 is 11.1 Å². The van der Waals surface area contributed by atoms with Crippen LogP contribution in [0.5, 0.6) is 0 Å². The third-order valence-corrected chi connectivity index (χ3v) is 3.63. The van der Waals surface area contributed by atoms with Crippen LogP contribution in [-0.2, 0) is 0 Å². The quantitative estimate of drug-likeness (QED) is 0.768. The highest BCUT2D eigenvalue weighted by Crippen LogP contribution is 2.32. The van der Waals surface area contributed by atoms with Crippen LogP contribution in [0.2, 0.25) is 0 Å². The van der Waals surface area contributed by atoms with Crippen LogP contribution >= 0.6 is 0 Å². The van der Waals surface area contributed by atoms with Crippen LogP contribution in [0.1, 0.15) is 11.3 Å². The summed E-state index contributed by atoms with van der Waals surface area (Å²) >= 11 is 0. The standard InChI is InChI=1S/C18H16N4O/c1-11-3-8-17(23-11)14-9-16(22-18(20)15(14)10-19)12-4-6-13(21-2)7-5-12/h3-9,21H,1-2H3,(H2,20,22). The van der Waals surface area contributed by atoms with Crippen molar-refractivity contribution < 1.29 is 4.42 Å². The SMILES string of the molecule is CNc1ccc(-c2cc(-c3ccc(C)o3)c(C#N)c(N)n2)cc1. The minimum atomic E-state index is 0.201. The summed E-state index contributed by atoms with van der Waals surface area (Å²) in [4.78, 5) is 4.36. The van der Waals surface area contributed by atoms with Gasteiger partial charge in [-0.15, -0.1) is 0 Å². The number of nitriles is 1. The second-order valence-electron chi connectivity index (χ2n) is 5.16. The van der Waals surface area contributed by atoms with Gasteiger partial charge in [0.1, 0.15) is 29.0 Å². The molecule has 0 aliphatic rings. The maximum atomic E-state index is 9.38. The lowest BCUT2D eigenvalue weighted by atomic mass is 10.0. The molecule has 0 saturated carbocycles. The first-order valence-corrected chi connectivity index (χ1v) is 7.18. The average molecular weight is 304 g/mol. The molecule has 2 heterocycles. The molecule has 3 aromatic rings. The molecule has 5 heteroatoms. The molecule has 3 N–H and O–H groups in total. The molecule has 0 fully saturated rings. The van der Waals surface area contributed by atoms with Gasteiger partial charge in [-0.25, -0.2) is 4.98 Å². The number of aromatic nitrogens is 1. The molecule has 114 valence electrons. The highest BCUT2D eigenvalue weighted by atomic mass is 16.3. The molecule has 0 bridgehead atoms. The number of nitrogens with one attached hydrogen (secondary N) is 1. The zero-order chi connectivity index (χ0) is 16.4. The monoisotopic (exact) mass is 304 g/mol. The Kier molecular flexibility index (Phi) is 3.73. The van der Waals surface area contributed by atoms with E-state index in [1.165, 1.54) is 0 Å². The number of aryl methyl sites for hydroxylation is 1. The number of anilines is 2. The number of rotatable bonds is 3. The lowest BCUT2D eigenvalue weighted by molar-refractivity contribution is 0.548. The van der Waals surface area contributed by atoms with Gasteiger partial charge in [0.2, 0.25) is 0 Å². The van der Waals surface area contributed by atoms with Gasteiger partial charge >= 0.3 is 0 Å². The molecule has 23 heavy (non-hydrogen) atoms. The Labute approximate surface area is 134 Å². The number of pyridine rings is 1. The molecule has 0 atom stereocenters. The Balaban J connectivity index is 2.16. The normalized spacial score (nSPS) is 10.3. The van der Waals surface area contributed by atoms with E-state index in [0.29, 0.717) is 22.6 Å². The largest absolute Gasteiger partial charge is 0.461 e. The zero-order valence-electron chi connectivity index (χ0n) is 12.9. The number of furan rings is 1. The number of nitrogens with zero attached hydrogens (tertiary/aromatic N) is 2. The summed E-state index contributed by atoms with van der Waals surface area (Å²) < 4.78 is 5.65. The molecular formula is C18H16N4O. The Morgan fingerprint density at radius 3 is 2.48 bits per heavy atom. The van der Waals surface area contributed by atoms with Gasteiger partial charge in [0.05, 0.1) is 5.69 Å². The predicted molar refractivity (Wildman–Crippen MR) is 90.8 cm³/mol.